The molecule has 0 fully saturated rings. The number of hydrogen-bond acceptors (Lipinski definition) is 2. The molecule has 0 aliphatic rings. The predicted molar refractivity (Wildman–Crippen MR) is 127 cm³/mol. The van der Waals surface area contributed by atoms with Gasteiger partial charge in [0.2, 0.25) is 0 Å². The maximum atomic E-state index is 5.25. The number of nitrogens with one attached hydrogen (secondary N) is 1. The largest absolute Gasteiger partial charge is 0.342 e. The normalized spacial score (nSPS) is 12.8. The van der Waals surface area contributed by atoms with Gasteiger partial charge in [0.15, 0.2) is 0 Å². The van der Waals surface area contributed by atoms with Crippen molar-refractivity contribution in [1.82, 2.24) is 4.98 Å². The Hall–Kier alpha value is -2.68. The molecule has 3 aromatic rings. The van der Waals surface area contributed by atoms with Gasteiger partial charge in [0, 0.05) is 17.0 Å². The van der Waals surface area contributed by atoms with Gasteiger partial charge in [0.1, 0.15) is 5.84 Å². The van der Waals surface area contributed by atoms with Crippen LogP contribution in [0.2, 0.25) is 0 Å². The smallest absolute Gasteiger partial charge is 0.112 e. The Bertz CT molecular complexity index is 992. The number of fused-ring (bicyclic) bond motifs is 1. The van der Waals surface area contributed by atoms with Crippen LogP contribution in [0.3, 0.4) is 0 Å². The first-order chi connectivity index (χ1) is 13.7. The summed E-state index contributed by atoms with van der Waals surface area (Å²) >= 11 is 0. The molecule has 1 heterocycles. The summed E-state index contributed by atoms with van der Waals surface area (Å²) in [5.41, 5.74) is 5.49. The van der Waals surface area contributed by atoms with Crippen LogP contribution in [0.4, 0.5) is 11.4 Å². The van der Waals surface area contributed by atoms with E-state index in [1.165, 1.54) is 11.1 Å². The van der Waals surface area contributed by atoms with Crippen LogP contribution in [0.1, 0.15) is 71.4 Å². The van der Waals surface area contributed by atoms with Crippen LogP contribution in [0.15, 0.2) is 59.7 Å². The molecule has 0 unspecified atom stereocenters. The van der Waals surface area contributed by atoms with Gasteiger partial charge in [-0.1, -0.05) is 84.9 Å². The lowest BCUT2D eigenvalue weighted by Crippen LogP contribution is -2.28. The maximum absolute atomic E-state index is 5.25. The van der Waals surface area contributed by atoms with E-state index in [0.717, 1.165) is 28.1 Å². The number of rotatable bonds is 4. The van der Waals surface area contributed by atoms with E-state index >= 15 is 0 Å². The van der Waals surface area contributed by atoms with E-state index in [2.05, 4.69) is 101 Å². The molecular weight excluding hydrogens is 354 g/mol. The molecule has 2 aromatic carbocycles. The van der Waals surface area contributed by atoms with Gasteiger partial charge >= 0.3 is 0 Å². The summed E-state index contributed by atoms with van der Waals surface area (Å²) in [6.45, 7) is 15.5. The molecule has 1 N–H and O–H groups in total. The lowest BCUT2D eigenvalue weighted by molar-refractivity contribution is 0.589. The summed E-state index contributed by atoms with van der Waals surface area (Å²) in [6.07, 6.45) is 1.84. The summed E-state index contributed by atoms with van der Waals surface area (Å²) in [6, 6.07) is 16.9. The molecule has 0 spiro atoms. The minimum absolute atomic E-state index is 0.144. The molecule has 0 saturated carbocycles. The summed E-state index contributed by atoms with van der Waals surface area (Å²) < 4.78 is 0. The van der Waals surface area contributed by atoms with E-state index in [1.54, 1.807) is 0 Å². The van der Waals surface area contributed by atoms with Crippen LogP contribution >= 0.6 is 0 Å². The molecule has 152 valence electrons. The third-order valence-electron chi connectivity index (χ3n) is 5.16. The fourth-order valence-electron chi connectivity index (χ4n) is 3.47. The molecule has 3 nitrogen and oxygen atoms in total. The summed E-state index contributed by atoms with van der Waals surface area (Å²) in [5.74, 6) is 1.77. The van der Waals surface area contributed by atoms with Crippen molar-refractivity contribution in [3.8, 4) is 0 Å². The van der Waals surface area contributed by atoms with Gasteiger partial charge in [-0.3, -0.25) is 4.98 Å². The van der Waals surface area contributed by atoms with E-state index in [9.17, 15) is 0 Å². The number of pyridine rings is 1. The van der Waals surface area contributed by atoms with Crippen molar-refractivity contribution >= 4 is 28.1 Å². The van der Waals surface area contributed by atoms with Crippen molar-refractivity contribution < 1.29 is 0 Å². The SMILES string of the molecule is CC(C)c1cccc(C(C)C)c1N=C(Nc1cccc2cccnc12)C(C)(C)C. The standard InChI is InChI=1S/C26H33N3/c1-17(2)20-13-9-14-21(18(3)4)24(20)29-25(26(5,6)7)28-22-15-8-11-19-12-10-16-27-23(19)22/h8-18H,1-7H3,(H,28,29). The Kier molecular flexibility index (Phi) is 6.07. The van der Waals surface area contributed by atoms with Gasteiger partial charge in [-0.2, -0.15) is 0 Å². The van der Waals surface area contributed by atoms with Crippen LogP contribution in [0, 0.1) is 5.41 Å². The van der Waals surface area contributed by atoms with Crippen molar-refractivity contribution in [3.63, 3.8) is 0 Å². The predicted octanol–water partition coefficient (Wildman–Crippen LogP) is 7.67. The van der Waals surface area contributed by atoms with Gasteiger partial charge < -0.3 is 5.32 Å². The first-order valence-corrected chi connectivity index (χ1v) is 10.5. The Morgan fingerprint density at radius 2 is 1.45 bits per heavy atom. The average molecular weight is 388 g/mol. The lowest BCUT2D eigenvalue weighted by Gasteiger charge is -2.25. The molecule has 0 amide bonds. The zero-order chi connectivity index (χ0) is 21.2. The number of benzene rings is 2. The molecule has 0 saturated heterocycles. The van der Waals surface area contributed by atoms with Crippen molar-refractivity contribution in [2.24, 2.45) is 10.4 Å². The van der Waals surface area contributed by atoms with Crippen molar-refractivity contribution in [3.05, 3.63) is 65.9 Å². The molecule has 1 aromatic heterocycles. The third kappa shape index (κ3) is 4.67. The second-order valence-corrected chi connectivity index (χ2v) is 9.31. The van der Waals surface area contributed by atoms with E-state index in [1.807, 2.05) is 12.3 Å². The number of aliphatic imine (C=N–C) groups is 1. The minimum atomic E-state index is -0.144. The van der Waals surface area contributed by atoms with Crippen LogP contribution in [-0.2, 0) is 0 Å². The molecule has 0 aliphatic heterocycles. The monoisotopic (exact) mass is 387 g/mol. The number of nitrogens with zero attached hydrogens (tertiary/aromatic N) is 2. The Morgan fingerprint density at radius 3 is 2.03 bits per heavy atom. The minimum Gasteiger partial charge on any atom is -0.342 e. The van der Waals surface area contributed by atoms with Crippen molar-refractivity contribution in [2.45, 2.75) is 60.3 Å². The van der Waals surface area contributed by atoms with Crippen LogP contribution in [0.25, 0.3) is 10.9 Å². The van der Waals surface area contributed by atoms with Gasteiger partial charge in [0.25, 0.3) is 0 Å². The third-order valence-corrected chi connectivity index (χ3v) is 5.16. The number of hydrogen-bond donors (Lipinski definition) is 1. The van der Waals surface area contributed by atoms with Crippen LogP contribution in [0.5, 0.6) is 0 Å². The fraction of sp³-hybridized carbons (Fsp3) is 0.385. The lowest BCUT2D eigenvalue weighted by atomic mass is 9.91. The Morgan fingerprint density at radius 1 is 0.862 bits per heavy atom. The number of para-hydroxylation sites is 2. The van der Waals surface area contributed by atoms with Crippen LogP contribution < -0.4 is 5.32 Å². The fourth-order valence-corrected chi connectivity index (χ4v) is 3.47. The topological polar surface area (TPSA) is 37.3 Å². The zero-order valence-corrected chi connectivity index (χ0v) is 18.7. The first-order valence-electron chi connectivity index (χ1n) is 10.5. The highest BCUT2D eigenvalue weighted by Crippen LogP contribution is 2.36. The highest BCUT2D eigenvalue weighted by Gasteiger charge is 2.22. The van der Waals surface area contributed by atoms with E-state index in [4.69, 9.17) is 4.99 Å². The Labute approximate surface area is 175 Å². The second-order valence-electron chi connectivity index (χ2n) is 9.31. The molecule has 0 radical (unpaired) electrons. The average Bonchev–Trinajstić information content (AvgIpc) is 2.66. The zero-order valence-electron chi connectivity index (χ0n) is 18.7. The molecule has 0 atom stereocenters. The van der Waals surface area contributed by atoms with Crippen molar-refractivity contribution in [2.75, 3.05) is 5.32 Å². The maximum Gasteiger partial charge on any atom is 0.112 e. The number of aromatic nitrogens is 1. The van der Waals surface area contributed by atoms with E-state index in [0.29, 0.717) is 11.8 Å². The van der Waals surface area contributed by atoms with Gasteiger partial charge in [-0.25, -0.2) is 4.99 Å². The summed E-state index contributed by atoms with van der Waals surface area (Å²) in [5, 5.41) is 4.75. The Balaban J connectivity index is 2.17. The summed E-state index contributed by atoms with van der Waals surface area (Å²) in [4.78, 5) is 9.85. The molecule has 0 aliphatic carbocycles. The van der Waals surface area contributed by atoms with E-state index < -0.39 is 0 Å². The van der Waals surface area contributed by atoms with Crippen molar-refractivity contribution in [1.29, 1.82) is 0 Å². The molecule has 3 rings (SSSR count). The number of amidine groups is 1. The van der Waals surface area contributed by atoms with Gasteiger partial charge in [-0.05, 0) is 35.1 Å². The summed E-state index contributed by atoms with van der Waals surface area (Å²) in [7, 11) is 0. The van der Waals surface area contributed by atoms with E-state index in [-0.39, 0.29) is 5.41 Å². The molecule has 29 heavy (non-hydrogen) atoms. The molecule has 0 bridgehead atoms. The highest BCUT2D eigenvalue weighted by molar-refractivity contribution is 6.06. The first kappa shape index (κ1) is 21.0. The van der Waals surface area contributed by atoms with Gasteiger partial charge in [0.05, 0.1) is 16.9 Å². The number of anilines is 1. The van der Waals surface area contributed by atoms with Gasteiger partial charge in [-0.15, -0.1) is 0 Å². The molecule has 3 heteroatoms. The van der Waals surface area contributed by atoms with Crippen LogP contribution in [-0.4, -0.2) is 10.8 Å². The highest BCUT2D eigenvalue weighted by atomic mass is 15.0. The quantitative estimate of drug-likeness (QED) is 0.368. The molecular formula is C26H33N3. The second kappa shape index (κ2) is 8.36.